The Morgan fingerprint density at radius 3 is 2.62 bits per heavy atom. The summed E-state index contributed by atoms with van der Waals surface area (Å²) in [6.07, 6.45) is 8.15. The lowest BCUT2D eigenvalue weighted by atomic mass is 10.2. The zero-order chi connectivity index (χ0) is 11.5. The van der Waals surface area contributed by atoms with E-state index in [0.717, 1.165) is 12.2 Å². The van der Waals surface area contributed by atoms with Gasteiger partial charge in [0.05, 0.1) is 12.5 Å². The van der Waals surface area contributed by atoms with Gasteiger partial charge in [-0.05, 0) is 11.7 Å². The zero-order valence-corrected chi connectivity index (χ0v) is 9.96. The van der Waals surface area contributed by atoms with E-state index in [1.54, 1.807) is 12.7 Å². The van der Waals surface area contributed by atoms with Gasteiger partial charge in [0.2, 0.25) is 12.4 Å². The van der Waals surface area contributed by atoms with Crippen LogP contribution in [0.5, 0.6) is 0 Å². The van der Waals surface area contributed by atoms with Gasteiger partial charge in [-0.15, -0.1) is 0 Å². The van der Waals surface area contributed by atoms with Gasteiger partial charge in [-0.3, -0.25) is 0 Å². The van der Waals surface area contributed by atoms with Crippen LogP contribution in [-0.4, -0.2) is 0 Å². The lowest BCUT2D eigenvalue weighted by Crippen LogP contribution is -2.36. The van der Waals surface area contributed by atoms with Gasteiger partial charge < -0.3 is 4.42 Å². The summed E-state index contributed by atoms with van der Waals surface area (Å²) in [6.45, 7) is 6.33. The number of aromatic nitrogens is 2. The summed E-state index contributed by atoms with van der Waals surface area (Å²) >= 11 is 0. The smallest absolute Gasteiger partial charge is 0.334 e. The molecular weight excluding hydrogens is 204 g/mol. The summed E-state index contributed by atoms with van der Waals surface area (Å²) in [5.74, 6) is 0.995. The molecule has 0 saturated heterocycles. The Morgan fingerprint density at radius 1 is 1.25 bits per heavy atom. The average molecular weight is 222 g/mol. The molecule has 0 saturated carbocycles. The highest BCUT2D eigenvalue weighted by Crippen LogP contribution is 2.07. The van der Waals surface area contributed by atoms with Crippen LogP contribution in [0.3, 0.4) is 0 Å². The van der Waals surface area contributed by atoms with Crippen molar-refractivity contribution < 1.29 is 18.2 Å². The summed E-state index contributed by atoms with van der Waals surface area (Å²) in [4.78, 5) is 0. The topological polar surface area (TPSA) is 34.0 Å². The standard InChI is InChI=1S/C12H18N2O2/c1-10(2)14-5-4-12(16-14)8-11(3)13-6-7-15-9-13/h4-7,9-11H,8H2,1-3H3/q+2. The summed E-state index contributed by atoms with van der Waals surface area (Å²) < 4.78 is 14.6. The van der Waals surface area contributed by atoms with Gasteiger partial charge in [-0.2, -0.15) is 4.57 Å². The van der Waals surface area contributed by atoms with Crippen molar-refractivity contribution in [2.24, 2.45) is 0 Å². The average Bonchev–Trinajstić information content (AvgIpc) is 2.87. The summed E-state index contributed by atoms with van der Waals surface area (Å²) in [5.41, 5.74) is 0. The predicted octanol–water partition coefficient (Wildman–Crippen LogP) is 1.83. The summed E-state index contributed by atoms with van der Waals surface area (Å²) in [5, 5.41) is 0. The Morgan fingerprint density at radius 2 is 2.06 bits per heavy atom. The Kier molecular flexibility index (Phi) is 3.08. The first kappa shape index (κ1) is 10.9. The molecule has 4 nitrogen and oxygen atoms in total. The van der Waals surface area contributed by atoms with Crippen molar-refractivity contribution in [3.05, 3.63) is 36.9 Å². The second-order valence-corrected chi connectivity index (χ2v) is 4.35. The second kappa shape index (κ2) is 4.51. The van der Waals surface area contributed by atoms with Gasteiger partial charge in [0.1, 0.15) is 0 Å². The van der Waals surface area contributed by atoms with Crippen LogP contribution in [0, 0.1) is 0 Å². The number of nitrogens with zero attached hydrogens (tertiary/aromatic N) is 2. The van der Waals surface area contributed by atoms with Crippen molar-refractivity contribution in [2.45, 2.75) is 39.3 Å². The highest BCUT2D eigenvalue weighted by atomic mass is 16.5. The van der Waals surface area contributed by atoms with Crippen molar-refractivity contribution in [3.63, 3.8) is 0 Å². The maximum Gasteiger partial charge on any atom is 0.334 e. The molecule has 4 heteroatoms. The van der Waals surface area contributed by atoms with E-state index in [9.17, 15) is 0 Å². The SMILES string of the molecule is CC(Cc1cc[n+](C(C)C)o1)[n+]1ccoc1. The highest BCUT2D eigenvalue weighted by Gasteiger charge is 2.20. The van der Waals surface area contributed by atoms with Crippen LogP contribution >= 0.6 is 0 Å². The van der Waals surface area contributed by atoms with E-state index in [1.165, 1.54) is 0 Å². The van der Waals surface area contributed by atoms with Crippen molar-refractivity contribution in [2.75, 3.05) is 0 Å². The summed E-state index contributed by atoms with van der Waals surface area (Å²) in [6, 6.07) is 2.73. The van der Waals surface area contributed by atoms with Gasteiger partial charge in [0.25, 0.3) is 0 Å². The first-order valence-electron chi connectivity index (χ1n) is 5.60. The molecule has 2 rings (SSSR count). The number of oxazole rings is 1. The molecule has 1 atom stereocenters. The number of rotatable bonds is 4. The van der Waals surface area contributed by atoms with Crippen LogP contribution in [0.4, 0.5) is 0 Å². The molecule has 1 unspecified atom stereocenters. The van der Waals surface area contributed by atoms with E-state index in [4.69, 9.17) is 8.94 Å². The molecule has 0 aromatic carbocycles. The molecule has 0 aliphatic carbocycles. The maximum atomic E-state index is 5.69. The molecule has 0 spiro atoms. The van der Waals surface area contributed by atoms with Crippen molar-refractivity contribution in [1.29, 1.82) is 0 Å². The van der Waals surface area contributed by atoms with Crippen molar-refractivity contribution >= 4 is 0 Å². The van der Waals surface area contributed by atoms with E-state index >= 15 is 0 Å². The number of hydrogen-bond donors (Lipinski definition) is 0. The third-order valence-corrected chi connectivity index (χ3v) is 2.64. The molecule has 2 heterocycles. The zero-order valence-electron chi connectivity index (χ0n) is 9.96. The molecular formula is C12H18N2O2+2. The maximum absolute atomic E-state index is 5.69. The monoisotopic (exact) mass is 222 g/mol. The minimum absolute atomic E-state index is 0.338. The molecule has 0 radical (unpaired) electrons. The molecule has 0 N–H and O–H groups in total. The fourth-order valence-corrected chi connectivity index (χ4v) is 1.63. The Labute approximate surface area is 95.1 Å². The van der Waals surface area contributed by atoms with Crippen LogP contribution in [0.15, 0.2) is 40.1 Å². The minimum Gasteiger partial charge on any atom is -0.412 e. The molecule has 16 heavy (non-hydrogen) atoms. The second-order valence-electron chi connectivity index (χ2n) is 4.35. The molecule has 0 aliphatic heterocycles. The van der Waals surface area contributed by atoms with E-state index in [2.05, 4.69) is 20.8 Å². The fourth-order valence-electron chi connectivity index (χ4n) is 1.63. The van der Waals surface area contributed by atoms with Crippen molar-refractivity contribution in [1.82, 2.24) is 0 Å². The predicted molar refractivity (Wildman–Crippen MR) is 56.6 cm³/mol. The van der Waals surface area contributed by atoms with Gasteiger partial charge >= 0.3 is 6.39 Å². The quantitative estimate of drug-likeness (QED) is 0.740. The lowest BCUT2D eigenvalue weighted by molar-refractivity contribution is -0.879. The first-order valence-corrected chi connectivity index (χ1v) is 5.60. The third kappa shape index (κ3) is 2.32. The van der Waals surface area contributed by atoms with Crippen LogP contribution in [0.25, 0.3) is 0 Å². The molecule has 0 fully saturated rings. The third-order valence-electron chi connectivity index (χ3n) is 2.64. The largest absolute Gasteiger partial charge is 0.412 e. The molecule has 2 aromatic rings. The van der Waals surface area contributed by atoms with Gasteiger partial charge in [0, 0.05) is 13.8 Å². The molecule has 0 bridgehead atoms. The molecule has 0 aliphatic rings. The lowest BCUT2D eigenvalue weighted by Gasteiger charge is -1.99. The van der Waals surface area contributed by atoms with E-state index in [1.807, 2.05) is 27.8 Å². The fraction of sp³-hybridized carbons (Fsp3) is 0.500. The highest BCUT2D eigenvalue weighted by molar-refractivity contribution is 4.91. The Bertz CT molecular complexity index is 432. The van der Waals surface area contributed by atoms with Crippen LogP contribution in [-0.2, 0) is 6.42 Å². The van der Waals surface area contributed by atoms with Gasteiger partial charge in [0.15, 0.2) is 24.1 Å². The van der Waals surface area contributed by atoms with E-state index < -0.39 is 0 Å². The normalized spacial score (nSPS) is 13.2. The molecule has 0 amide bonds. The van der Waals surface area contributed by atoms with E-state index in [-0.39, 0.29) is 0 Å². The Hall–Kier alpha value is -1.58. The first-order chi connectivity index (χ1) is 7.66. The van der Waals surface area contributed by atoms with Crippen molar-refractivity contribution in [3.8, 4) is 0 Å². The summed E-state index contributed by atoms with van der Waals surface area (Å²) in [7, 11) is 0. The molecule has 86 valence electrons. The van der Waals surface area contributed by atoms with Gasteiger partial charge in [-0.1, -0.05) is 0 Å². The Balaban J connectivity index is 2.03. The van der Waals surface area contributed by atoms with Crippen LogP contribution in [0.2, 0.25) is 0 Å². The number of hydrogen-bond acceptors (Lipinski definition) is 2. The minimum atomic E-state index is 0.338. The van der Waals surface area contributed by atoms with Crippen LogP contribution < -0.4 is 9.31 Å². The van der Waals surface area contributed by atoms with Crippen LogP contribution in [0.1, 0.15) is 38.6 Å². The van der Waals surface area contributed by atoms with E-state index in [0.29, 0.717) is 12.1 Å². The molecule has 2 aromatic heterocycles. The van der Waals surface area contributed by atoms with Gasteiger partial charge in [-0.25, -0.2) is 4.52 Å².